The fraction of sp³-hybridized carbons (Fsp3) is 0.478. The summed E-state index contributed by atoms with van der Waals surface area (Å²) in [6, 6.07) is 5.24. The first-order chi connectivity index (χ1) is 15.8. The lowest BCUT2D eigenvalue weighted by molar-refractivity contribution is 0.101. The number of sulfonamides is 2. The summed E-state index contributed by atoms with van der Waals surface area (Å²) in [5.74, 6) is -1.46. The highest BCUT2D eigenvalue weighted by Gasteiger charge is 2.41. The summed E-state index contributed by atoms with van der Waals surface area (Å²) in [4.78, 5) is 19.8. The molecule has 0 unspecified atom stereocenters. The van der Waals surface area contributed by atoms with Crippen LogP contribution >= 0.6 is 0 Å². The highest BCUT2D eigenvalue weighted by atomic mass is 32.3. The van der Waals surface area contributed by atoms with Crippen LogP contribution in [0.25, 0.3) is 5.57 Å². The Kier molecular flexibility index (Phi) is 6.24. The van der Waals surface area contributed by atoms with E-state index in [-0.39, 0.29) is 28.7 Å². The third-order valence-electron chi connectivity index (χ3n) is 6.61. The maximum Gasteiger partial charge on any atom is 0.291 e. The van der Waals surface area contributed by atoms with Gasteiger partial charge in [-0.15, -0.1) is 0 Å². The molecule has 11 heteroatoms. The van der Waals surface area contributed by atoms with Crippen molar-refractivity contribution in [1.29, 1.82) is 0 Å². The molecule has 0 bridgehead atoms. The molecule has 2 heterocycles. The summed E-state index contributed by atoms with van der Waals surface area (Å²) >= 11 is 0. The van der Waals surface area contributed by atoms with Crippen LogP contribution in [0.2, 0.25) is 0 Å². The molecule has 2 aromatic rings. The Morgan fingerprint density at radius 2 is 1.85 bits per heavy atom. The van der Waals surface area contributed by atoms with Crippen molar-refractivity contribution in [2.24, 2.45) is 5.41 Å². The van der Waals surface area contributed by atoms with Gasteiger partial charge in [-0.05, 0) is 54.9 Å². The van der Waals surface area contributed by atoms with Crippen LogP contribution < -0.4 is 5.32 Å². The molecule has 1 aliphatic carbocycles. The second-order valence-corrected chi connectivity index (χ2v) is 14.2. The number of rotatable bonds is 4. The number of allylic oxidation sites excluding steroid dienone is 2. The lowest BCUT2D eigenvalue weighted by atomic mass is 9.76. The van der Waals surface area contributed by atoms with Crippen molar-refractivity contribution in [2.45, 2.75) is 46.0 Å². The van der Waals surface area contributed by atoms with E-state index >= 15 is 0 Å². The van der Waals surface area contributed by atoms with Crippen molar-refractivity contribution in [1.82, 2.24) is 13.7 Å². The van der Waals surface area contributed by atoms with Crippen molar-refractivity contribution >= 4 is 37.2 Å². The monoisotopic (exact) mass is 506 g/mol. The largest absolute Gasteiger partial charge is 0.338 e. The normalized spacial score (nSPS) is 22.2. The van der Waals surface area contributed by atoms with Crippen LogP contribution in [0.3, 0.4) is 0 Å². The maximum absolute atomic E-state index is 12.8. The summed E-state index contributed by atoms with van der Waals surface area (Å²) in [5, 5.41) is 2.91. The number of benzene rings is 1. The molecule has 9 nitrogen and oxygen atoms in total. The van der Waals surface area contributed by atoms with Crippen LogP contribution in [-0.4, -0.2) is 55.0 Å². The van der Waals surface area contributed by atoms with Crippen molar-refractivity contribution in [3.05, 3.63) is 53.1 Å². The zero-order valence-electron chi connectivity index (χ0n) is 19.8. The Bertz CT molecular complexity index is 1340. The van der Waals surface area contributed by atoms with Crippen LogP contribution in [0.1, 0.15) is 66.5 Å². The molecular weight excluding hydrogens is 476 g/mol. The summed E-state index contributed by atoms with van der Waals surface area (Å²) in [6.45, 7) is 6.21. The molecule has 1 aliphatic heterocycles. The van der Waals surface area contributed by atoms with E-state index in [0.29, 0.717) is 15.0 Å². The second-order valence-electron chi connectivity index (χ2n) is 9.91. The predicted molar refractivity (Wildman–Crippen MR) is 131 cm³/mol. The number of aromatic nitrogens is 2. The molecule has 34 heavy (non-hydrogen) atoms. The van der Waals surface area contributed by atoms with Crippen molar-refractivity contribution in [2.75, 3.05) is 23.9 Å². The van der Waals surface area contributed by atoms with Crippen LogP contribution in [0, 0.1) is 12.3 Å². The fourth-order valence-electron chi connectivity index (χ4n) is 4.35. The third-order valence-corrected chi connectivity index (χ3v) is 11.2. The number of carbonyl (C=O) groups excluding carboxylic acids is 1. The molecule has 2 N–H and O–H groups in total. The minimum atomic E-state index is -3.93. The first kappa shape index (κ1) is 24.6. The summed E-state index contributed by atoms with van der Waals surface area (Å²) in [5.41, 5.74) is 3.96. The first-order valence-corrected chi connectivity index (χ1v) is 14.4. The predicted octanol–water partition coefficient (Wildman–Crippen LogP) is 3.25. The number of amides is 1. The molecule has 0 atom stereocenters. The van der Waals surface area contributed by atoms with Crippen LogP contribution in [0.5, 0.6) is 0 Å². The van der Waals surface area contributed by atoms with E-state index in [0.717, 1.165) is 43.1 Å². The minimum absolute atomic E-state index is 0.173. The minimum Gasteiger partial charge on any atom is -0.338 e. The first-order valence-electron chi connectivity index (χ1n) is 11.1. The number of nitrogens with one attached hydrogen (secondary N) is 2. The van der Waals surface area contributed by atoms with Gasteiger partial charge in [0.25, 0.3) is 5.91 Å². The summed E-state index contributed by atoms with van der Waals surface area (Å²) in [6.07, 6.45) is 6.35. The molecule has 4 rings (SSSR count). The van der Waals surface area contributed by atoms with Crippen molar-refractivity contribution in [3.8, 4) is 0 Å². The van der Waals surface area contributed by atoms with Crippen LogP contribution in [0.15, 0.2) is 30.5 Å². The van der Waals surface area contributed by atoms with Gasteiger partial charge in [0.1, 0.15) is 0 Å². The number of aromatic amines is 1. The number of aryl methyl sites for hydroxylation is 1. The summed E-state index contributed by atoms with van der Waals surface area (Å²) in [7, 11) is -6.79. The van der Waals surface area contributed by atoms with Gasteiger partial charge in [-0.25, -0.2) is 21.8 Å². The summed E-state index contributed by atoms with van der Waals surface area (Å²) < 4.78 is 50.4. The van der Waals surface area contributed by atoms with Crippen LogP contribution in [-0.2, 0) is 20.0 Å². The molecule has 1 fully saturated rings. The average molecular weight is 507 g/mol. The molecule has 0 saturated carbocycles. The maximum atomic E-state index is 12.8. The van der Waals surface area contributed by atoms with Gasteiger partial charge < -0.3 is 10.3 Å². The number of imidazole rings is 1. The molecule has 1 aromatic carbocycles. The van der Waals surface area contributed by atoms with Gasteiger partial charge in [-0.3, -0.25) is 4.79 Å². The van der Waals surface area contributed by atoms with E-state index in [4.69, 9.17) is 0 Å². The van der Waals surface area contributed by atoms with Gasteiger partial charge in [0.05, 0.1) is 11.5 Å². The highest BCUT2D eigenvalue weighted by molar-refractivity contribution is 8.04. The van der Waals surface area contributed by atoms with E-state index < -0.39 is 26.0 Å². The number of anilines is 1. The molecule has 0 radical (unpaired) electrons. The third kappa shape index (κ3) is 4.96. The zero-order chi connectivity index (χ0) is 24.9. The van der Waals surface area contributed by atoms with E-state index in [1.54, 1.807) is 18.3 Å². The van der Waals surface area contributed by atoms with Gasteiger partial charge in [0, 0.05) is 36.1 Å². The number of carbonyl (C=O) groups is 1. The topological polar surface area (TPSA) is 129 Å². The van der Waals surface area contributed by atoms with Gasteiger partial charge in [-0.2, -0.15) is 0 Å². The molecule has 1 saturated heterocycles. The van der Waals surface area contributed by atoms with E-state index in [1.807, 2.05) is 13.0 Å². The molecular formula is C23H30N4O5S2. The Hall–Kier alpha value is -2.50. The van der Waals surface area contributed by atoms with Crippen molar-refractivity contribution < 1.29 is 21.6 Å². The van der Waals surface area contributed by atoms with E-state index in [9.17, 15) is 21.6 Å². The number of H-pyrrole nitrogens is 1. The van der Waals surface area contributed by atoms with Gasteiger partial charge in [0.2, 0.25) is 20.0 Å². The second kappa shape index (κ2) is 8.62. The Balaban J connectivity index is 1.73. The number of hydrogen-bond donors (Lipinski definition) is 2. The van der Waals surface area contributed by atoms with Gasteiger partial charge in [-0.1, -0.05) is 29.7 Å². The molecule has 1 amide bonds. The van der Waals surface area contributed by atoms with Gasteiger partial charge in [0.15, 0.2) is 5.82 Å². The lowest BCUT2D eigenvalue weighted by Crippen LogP contribution is -2.45. The molecule has 1 aromatic heterocycles. The zero-order valence-corrected chi connectivity index (χ0v) is 21.4. The quantitative estimate of drug-likeness (QED) is 0.655. The number of nitrogens with zero attached hydrogens (tertiary/aromatic N) is 2. The van der Waals surface area contributed by atoms with Gasteiger partial charge >= 0.3 is 0 Å². The Morgan fingerprint density at radius 3 is 2.41 bits per heavy atom. The van der Waals surface area contributed by atoms with Crippen molar-refractivity contribution in [3.63, 3.8) is 0 Å². The van der Waals surface area contributed by atoms with E-state index in [2.05, 4.69) is 35.2 Å². The standard InChI is InChI=1S/C23H30N4O5S2/c1-15-12-24-21(25-15)22(28)26-20-6-5-17(11-19(20)16-7-9-23(2,3)10-8-16)18-13-33(29,30)27(4)34(31,32)14-18/h5-7,11-12,18H,8-10,13-14H2,1-4H3,(H,24,25)(H,26,28). The highest BCUT2D eigenvalue weighted by Crippen LogP contribution is 2.41. The number of hydrogen-bond acceptors (Lipinski definition) is 6. The molecule has 184 valence electrons. The van der Waals surface area contributed by atoms with E-state index in [1.165, 1.54) is 0 Å². The lowest BCUT2D eigenvalue weighted by Gasteiger charge is -2.31. The van der Waals surface area contributed by atoms with Crippen LogP contribution in [0.4, 0.5) is 5.69 Å². The average Bonchev–Trinajstić information content (AvgIpc) is 3.18. The Labute approximate surface area is 200 Å². The molecule has 0 spiro atoms. The fourth-order valence-corrected chi connectivity index (χ4v) is 8.31. The smallest absolute Gasteiger partial charge is 0.291 e. The SMILES string of the molecule is Cc1cnc(C(=O)Nc2ccc(C3CS(=O)(=O)N(C)S(=O)(=O)C3)cc2C2=CCC(C)(C)CC2)[nH]1. The molecule has 2 aliphatic rings. The Morgan fingerprint density at radius 1 is 1.18 bits per heavy atom.